The van der Waals surface area contributed by atoms with Gasteiger partial charge in [0.1, 0.15) is 5.82 Å². The van der Waals surface area contributed by atoms with Gasteiger partial charge in [0, 0.05) is 10.5 Å². The van der Waals surface area contributed by atoms with Crippen LogP contribution in [0.5, 0.6) is 17.2 Å². The Bertz CT molecular complexity index is 583. The van der Waals surface area contributed by atoms with Crippen LogP contribution in [-0.4, -0.2) is 29.5 Å². The molecule has 0 spiro atoms. The molecule has 4 N–H and O–H groups in total. The first-order valence-electron chi connectivity index (χ1n) is 5.03. The highest BCUT2D eigenvalue weighted by Crippen LogP contribution is 2.47. The van der Waals surface area contributed by atoms with Gasteiger partial charge in [-0.25, -0.2) is 0 Å². The lowest BCUT2D eigenvalue weighted by Gasteiger charge is -2.13. The van der Waals surface area contributed by atoms with Gasteiger partial charge in [-0.05, 0) is 22.0 Å². The maximum absolute atomic E-state index is 10.2. The van der Waals surface area contributed by atoms with Crippen molar-refractivity contribution in [2.75, 3.05) is 20.0 Å². The van der Waals surface area contributed by atoms with Gasteiger partial charge in [0.05, 0.1) is 25.5 Å². The van der Waals surface area contributed by atoms with Crippen molar-refractivity contribution in [3.8, 4) is 28.5 Å². The predicted molar refractivity (Wildman–Crippen MR) is 70.9 cm³/mol. The van der Waals surface area contributed by atoms with Crippen LogP contribution in [-0.2, 0) is 0 Å². The van der Waals surface area contributed by atoms with Gasteiger partial charge in [-0.3, -0.25) is 5.10 Å². The third-order valence-electron chi connectivity index (χ3n) is 2.46. The van der Waals surface area contributed by atoms with Gasteiger partial charge in [0.25, 0.3) is 0 Å². The number of phenolic OH excluding ortho intramolecular Hbond substituents is 1. The lowest BCUT2D eigenvalue weighted by molar-refractivity contribution is 0.333. The van der Waals surface area contributed by atoms with Crippen molar-refractivity contribution in [1.82, 2.24) is 10.2 Å². The second-order valence-electron chi connectivity index (χ2n) is 3.52. The van der Waals surface area contributed by atoms with Gasteiger partial charge in [0.15, 0.2) is 11.5 Å². The molecule has 0 saturated heterocycles. The Morgan fingerprint density at radius 1 is 1.33 bits per heavy atom. The number of aromatic hydroxyl groups is 1. The van der Waals surface area contributed by atoms with E-state index in [0.29, 0.717) is 27.3 Å². The van der Waals surface area contributed by atoms with E-state index in [4.69, 9.17) is 15.2 Å². The number of hydrogen-bond donors (Lipinski definition) is 3. The van der Waals surface area contributed by atoms with Crippen LogP contribution in [0.15, 0.2) is 16.6 Å². The molecule has 0 aliphatic rings. The summed E-state index contributed by atoms with van der Waals surface area (Å²) >= 11 is 3.36. The number of aromatic amines is 1. The Morgan fingerprint density at radius 3 is 2.56 bits per heavy atom. The van der Waals surface area contributed by atoms with Gasteiger partial charge in [-0.15, -0.1) is 0 Å². The highest BCUT2D eigenvalue weighted by atomic mass is 79.9. The quantitative estimate of drug-likeness (QED) is 0.807. The minimum Gasteiger partial charge on any atom is -0.504 e. The first kappa shape index (κ1) is 12.6. The first-order chi connectivity index (χ1) is 8.58. The van der Waals surface area contributed by atoms with Crippen molar-refractivity contribution in [3.05, 3.63) is 16.6 Å². The van der Waals surface area contributed by atoms with Crippen molar-refractivity contribution in [2.24, 2.45) is 0 Å². The normalized spacial score (nSPS) is 10.4. The number of methoxy groups -OCH3 is 2. The molecule has 0 fully saturated rings. The van der Waals surface area contributed by atoms with Crippen molar-refractivity contribution < 1.29 is 14.6 Å². The summed E-state index contributed by atoms with van der Waals surface area (Å²) in [6.07, 6.45) is 0. The number of benzene rings is 1. The van der Waals surface area contributed by atoms with Crippen molar-refractivity contribution in [1.29, 1.82) is 0 Å². The number of nitrogen functional groups attached to an aromatic ring is 1. The van der Waals surface area contributed by atoms with E-state index < -0.39 is 0 Å². The van der Waals surface area contributed by atoms with Crippen LogP contribution < -0.4 is 15.2 Å². The Hall–Kier alpha value is -1.89. The monoisotopic (exact) mass is 313 g/mol. The van der Waals surface area contributed by atoms with E-state index >= 15 is 0 Å². The maximum Gasteiger partial charge on any atom is 0.203 e. The van der Waals surface area contributed by atoms with Gasteiger partial charge < -0.3 is 20.3 Å². The number of aromatic nitrogens is 2. The Labute approximate surface area is 112 Å². The summed E-state index contributed by atoms with van der Waals surface area (Å²) < 4.78 is 10.9. The van der Waals surface area contributed by atoms with E-state index in [1.165, 1.54) is 14.2 Å². The lowest BCUT2D eigenvalue weighted by Crippen LogP contribution is -1.93. The molecular formula is C11H12BrN3O3. The topological polar surface area (TPSA) is 93.4 Å². The SMILES string of the molecule is COc1cc(Br)c(-c2cc(N)n[nH]2)c(O)c1OC. The predicted octanol–water partition coefficient (Wildman–Crippen LogP) is 2.14. The molecule has 0 saturated carbocycles. The standard InChI is InChI=1S/C11H12BrN3O3/c1-17-7-3-5(12)9(10(16)11(7)18-2)6-4-8(13)15-14-6/h3-4,16H,1-2H3,(H3,13,14,15). The molecule has 0 amide bonds. The number of ether oxygens (including phenoxy) is 2. The van der Waals surface area contributed by atoms with Crippen LogP contribution in [0.1, 0.15) is 0 Å². The zero-order valence-corrected chi connectivity index (χ0v) is 11.4. The highest BCUT2D eigenvalue weighted by molar-refractivity contribution is 9.10. The molecule has 96 valence electrons. The number of hydrogen-bond acceptors (Lipinski definition) is 5. The van der Waals surface area contributed by atoms with Crippen molar-refractivity contribution in [3.63, 3.8) is 0 Å². The summed E-state index contributed by atoms with van der Waals surface area (Å²) in [5.41, 5.74) is 6.64. The number of phenols is 1. The number of nitrogens with two attached hydrogens (primary N) is 1. The molecule has 18 heavy (non-hydrogen) atoms. The molecule has 7 heteroatoms. The molecule has 2 aromatic rings. The van der Waals surface area contributed by atoms with Crippen molar-refractivity contribution in [2.45, 2.75) is 0 Å². The van der Waals surface area contributed by atoms with E-state index in [1.807, 2.05) is 0 Å². The van der Waals surface area contributed by atoms with E-state index in [-0.39, 0.29) is 11.5 Å². The fourth-order valence-electron chi connectivity index (χ4n) is 1.67. The third kappa shape index (κ3) is 1.97. The largest absolute Gasteiger partial charge is 0.504 e. The Balaban J connectivity index is 2.68. The average Bonchev–Trinajstić information content (AvgIpc) is 2.75. The van der Waals surface area contributed by atoms with E-state index in [0.717, 1.165) is 0 Å². The number of nitrogens with zero attached hydrogens (tertiary/aromatic N) is 1. The summed E-state index contributed by atoms with van der Waals surface area (Å²) in [5.74, 6) is 0.973. The third-order valence-corrected chi connectivity index (χ3v) is 3.09. The summed E-state index contributed by atoms with van der Waals surface area (Å²) in [6.45, 7) is 0. The fraction of sp³-hybridized carbons (Fsp3) is 0.182. The van der Waals surface area contributed by atoms with Crippen LogP contribution in [0.25, 0.3) is 11.3 Å². The van der Waals surface area contributed by atoms with Gasteiger partial charge in [-0.1, -0.05) is 0 Å². The molecule has 0 aliphatic carbocycles. The first-order valence-corrected chi connectivity index (χ1v) is 5.82. The van der Waals surface area contributed by atoms with E-state index in [9.17, 15) is 5.11 Å². The molecule has 0 aliphatic heterocycles. The second-order valence-corrected chi connectivity index (χ2v) is 4.38. The van der Waals surface area contributed by atoms with Crippen molar-refractivity contribution >= 4 is 21.7 Å². The van der Waals surface area contributed by atoms with Crippen LogP contribution >= 0.6 is 15.9 Å². The Kier molecular flexibility index (Phi) is 3.33. The molecular weight excluding hydrogens is 302 g/mol. The minimum absolute atomic E-state index is 0.0487. The van der Waals surface area contributed by atoms with Crippen LogP contribution in [0.3, 0.4) is 0 Å². The molecule has 1 aromatic heterocycles. The molecule has 0 atom stereocenters. The molecule has 2 rings (SSSR count). The van der Waals surface area contributed by atoms with Crippen LogP contribution in [0.4, 0.5) is 5.82 Å². The number of anilines is 1. The number of rotatable bonds is 3. The fourth-order valence-corrected chi connectivity index (χ4v) is 2.28. The molecule has 0 unspecified atom stereocenters. The van der Waals surface area contributed by atoms with Gasteiger partial charge >= 0.3 is 0 Å². The zero-order valence-electron chi connectivity index (χ0n) is 9.82. The van der Waals surface area contributed by atoms with E-state index in [2.05, 4.69) is 26.1 Å². The summed E-state index contributed by atoms with van der Waals surface area (Å²) in [7, 11) is 2.95. The molecule has 0 bridgehead atoms. The van der Waals surface area contributed by atoms with Crippen LogP contribution in [0, 0.1) is 0 Å². The van der Waals surface area contributed by atoms with Gasteiger partial charge in [0.2, 0.25) is 5.75 Å². The molecule has 0 radical (unpaired) electrons. The number of H-pyrrole nitrogens is 1. The maximum atomic E-state index is 10.2. The highest BCUT2D eigenvalue weighted by Gasteiger charge is 2.20. The second kappa shape index (κ2) is 4.77. The number of nitrogens with one attached hydrogen (secondary N) is 1. The smallest absolute Gasteiger partial charge is 0.203 e. The molecule has 1 aromatic carbocycles. The molecule has 1 heterocycles. The number of halogens is 1. The lowest BCUT2D eigenvalue weighted by atomic mass is 10.1. The summed E-state index contributed by atoms with van der Waals surface area (Å²) in [4.78, 5) is 0. The van der Waals surface area contributed by atoms with E-state index in [1.54, 1.807) is 12.1 Å². The molecule has 6 nitrogen and oxygen atoms in total. The zero-order chi connectivity index (χ0) is 13.3. The summed E-state index contributed by atoms with van der Waals surface area (Å²) in [6, 6.07) is 3.32. The average molecular weight is 314 g/mol. The minimum atomic E-state index is -0.0487. The van der Waals surface area contributed by atoms with Gasteiger partial charge in [-0.2, -0.15) is 5.10 Å². The Morgan fingerprint density at radius 2 is 2.06 bits per heavy atom. The van der Waals surface area contributed by atoms with Crippen LogP contribution in [0.2, 0.25) is 0 Å². The summed E-state index contributed by atoms with van der Waals surface area (Å²) in [5, 5.41) is 16.8.